The molecule has 0 spiro atoms. The number of anilines is 2. The van der Waals surface area contributed by atoms with Gasteiger partial charge >= 0.3 is 0 Å². The number of aromatic nitrogens is 3. The molecule has 3 heterocycles. The number of pyridine rings is 1. The number of carbonyl (C=O) groups excluding carboxylic acids is 1. The Morgan fingerprint density at radius 3 is 2.88 bits per heavy atom. The van der Waals surface area contributed by atoms with E-state index >= 15 is 0 Å². The zero-order valence-electron chi connectivity index (χ0n) is 13.1. The molecule has 4 N–H and O–H groups in total. The van der Waals surface area contributed by atoms with Crippen LogP contribution in [0.5, 0.6) is 0 Å². The zero-order valence-corrected chi connectivity index (χ0v) is 13.8. The molecule has 0 atom stereocenters. The number of imidazole rings is 1. The van der Waals surface area contributed by atoms with Crippen molar-refractivity contribution in [2.24, 2.45) is 0 Å². The Hall–Kier alpha value is -3.39. The predicted molar refractivity (Wildman–Crippen MR) is 95.4 cm³/mol. The number of carbonyl (C=O) groups is 1. The molecule has 0 unspecified atom stereocenters. The van der Waals surface area contributed by atoms with E-state index in [0.717, 1.165) is 6.07 Å². The van der Waals surface area contributed by atoms with Crippen molar-refractivity contribution in [2.45, 2.75) is 0 Å². The second kappa shape index (κ2) is 6.16. The Morgan fingerprint density at radius 2 is 2.12 bits per heavy atom. The number of furan rings is 1. The van der Waals surface area contributed by atoms with E-state index in [1.165, 1.54) is 12.3 Å². The quantitative estimate of drug-likeness (QED) is 0.506. The van der Waals surface area contributed by atoms with Crippen LogP contribution < -0.4 is 11.1 Å². The molecule has 0 radical (unpaired) electrons. The average molecular weight is 372 g/mol. The first-order valence-electron chi connectivity index (χ1n) is 7.47. The molecule has 1 amide bonds. The maximum Gasteiger partial charge on any atom is 0.291 e. The minimum Gasteiger partial charge on any atom is -0.426 e. The number of nitrogens with zero attached hydrogens (tertiary/aromatic N) is 2. The maximum atomic E-state index is 12.9. The lowest BCUT2D eigenvalue weighted by Gasteiger charge is -2.07. The van der Waals surface area contributed by atoms with Crippen LogP contribution in [0.4, 0.5) is 15.8 Å². The van der Waals surface area contributed by atoms with Crippen LogP contribution in [0.2, 0.25) is 5.02 Å². The summed E-state index contributed by atoms with van der Waals surface area (Å²) in [4.78, 5) is 23.7. The second-order valence-corrected chi connectivity index (χ2v) is 5.88. The highest BCUT2D eigenvalue weighted by molar-refractivity contribution is 6.33. The van der Waals surface area contributed by atoms with Gasteiger partial charge in [0.1, 0.15) is 5.82 Å². The number of benzene rings is 1. The molecule has 0 fully saturated rings. The number of nitrogens with one attached hydrogen (secondary N) is 2. The van der Waals surface area contributed by atoms with Gasteiger partial charge < -0.3 is 20.5 Å². The van der Waals surface area contributed by atoms with Gasteiger partial charge in [0.2, 0.25) is 0 Å². The first-order valence-corrected chi connectivity index (χ1v) is 7.85. The van der Waals surface area contributed by atoms with E-state index in [0.29, 0.717) is 38.9 Å². The molecule has 0 aliphatic heterocycles. The molecule has 26 heavy (non-hydrogen) atoms. The minimum absolute atomic E-state index is 0.137. The normalized spacial score (nSPS) is 11.0. The average Bonchev–Trinajstić information content (AvgIpc) is 3.22. The van der Waals surface area contributed by atoms with Gasteiger partial charge in [0, 0.05) is 17.3 Å². The third-order valence-electron chi connectivity index (χ3n) is 3.63. The largest absolute Gasteiger partial charge is 0.426 e. The van der Waals surface area contributed by atoms with E-state index in [2.05, 4.69) is 24.7 Å². The minimum atomic E-state index is -0.832. The summed E-state index contributed by atoms with van der Waals surface area (Å²) in [5, 5.41) is 3.05. The molecule has 130 valence electrons. The maximum absolute atomic E-state index is 12.9. The number of fused-ring (bicyclic) bond motifs is 1. The zero-order chi connectivity index (χ0) is 18.3. The van der Waals surface area contributed by atoms with Gasteiger partial charge in [0.25, 0.3) is 11.9 Å². The predicted octanol–water partition coefficient (Wildman–Crippen LogP) is 3.84. The molecule has 0 saturated heterocycles. The molecule has 1 aromatic carbocycles. The van der Waals surface area contributed by atoms with Crippen LogP contribution in [0.15, 0.2) is 47.0 Å². The lowest BCUT2D eigenvalue weighted by atomic mass is 10.2. The van der Waals surface area contributed by atoms with Crippen LogP contribution in [0.3, 0.4) is 0 Å². The van der Waals surface area contributed by atoms with Gasteiger partial charge in [-0.2, -0.15) is 4.39 Å². The second-order valence-electron chi connectivity index (χ2n) is 5.48. The van der Waals surface area contributed by atoms with E-state index in [1.807, 2.05) is 0 Å². The number of halogens is 2. The molecule has 7 nitrogen and oxygen atoms in total. The Labute approximate surface area is 151 Å². The van der Waals surface area contributed by atoms with Gasteiger partial charge in [-0.3, -0.25) is 4.79 Å². The Bertz CT molecular complexity index is 1140. The number of hydrogen-bond donors (Lipinski definition) is 3. The third kappa shape index (κ3) is 2.98. The van der Waals surface area contributed by atoms with Gasteiger partial charge in [0.05, 0.1) is 22.4 Å². The molecule has 0 bridgehead atoms. The van der Waals surface area contributed by atoms with E-state index < -0.39 is 11.9 Å². The summed E-state index contributed by atoms with van der Waals surface area (Å²) in [7, 11) is 0. The highest BCUT2D eigenvalue weighted by Gasteiger charge is 2.14. The van der Waals surface area contributed by atoms with Crippen molar-refractivity contribution in [3.63, 3.8) is 0 Å². The summed E-state index contributed by atoms with van der Waals surface area (Å²) >= 11 is 6.26. The number of nitrogen functional groups attached to an aromatic ring is 1. The van der Waals surface area contributed by atoms with Crippen LogP contribution in [-0.4, -0.2) is 20.9 Å². The molecule has 0 aliphatic carbocycles. The van der Waals surface area contributed by atoms with Crippen molar-refractivity contribution < 1.29 is 13.6 Å². The number of aromatic amines is 1. The first kappa shape index (κ1) is 16.1. The monoisotopic (exact) mass is 371 g/mol. The van der Waals surface area contributed by atoms with E-state index in [1.54, 1.807) is 24.3 Å². The Balaban J connectivity index is 1.68. The fraction of sp³-hybridized carbons (Fsp3) is 0. The van der Waals surface area contributed by atoms with E-state index in [4.69, 9.17) is 17.3 Å². The Kier molecular flexibility index (Phi) is 3.81. The van der Waals surface area contributed by atoms with Gasteiger partial charge in [-0.25, -0.2) is 9.97 Å². The molecular formula is C17H11ClFN5O2. The smallest absolute Gasteiger partial charge is 0.291 e. The molecule has 9 heteroatoms. The molecule has 0 saturated carbocycles. The summed E-state index contributed by atoms with van der Waals surface area (Å²) < 4.78 is 17.6. The molecule has 0 aliphatic rings. The van der Waals surface area contributed by atoms with Gasteiger partial charge in [-0.1, -0.05) is 11.6 Å². The highest BCUT2D eigenvalue weighted by atomic mass is 35.5. The highest BCUT2D eigenvalue weighted by Crippen LogP contribution is 2.30. The number of hydrogen-bond acceptors (Lipinski definition) is 5. The fourth-order valence-corrected chi connectivity index (χ4v) is 2.66. The van der Waals surface area contributed by atoms with Crippen molar-refractivity contribution in [2.75, 3.05) is 11.1 Å². The lowest BCUT2D eigenvalue weighted by molar-refractivity contribution is 0.0988. The van der Waals surface area contributed by atoms with Crippen LogP contribution >= 0.6 is 11.6 Å². The fourth-order valence-electron chi connectivity index (χ4n) is 2.46. The van der Waals surface area contributed by atoms with E-state index in [9.17, 15) is 9.18 Å². The first-order chi connectivity index (χ1) is 12.5. The lowest BCUT2D eigenvalue weighted by Crippen LogP contribution is -2.10. The van der Waals surface area contributed by atoms with Gasteiger partial charge in [-0.15, -0.1) is 0 Å². The Morgan fingerprint density at radius 1 is 1.27 bits per heavy atom. The summed E-state index contributed by atoms with van der Waals surface area (Å²) in [6, 6.07) is 8.06. The summed E-state index contributed by atoms with van der Waals surface area (Å²) in [6.07, 6.45) is 1.51. The number of amides is 1. The van der Waals surface area contributed by atoms with Gasteiger partial charge in [0.15, 0.2) is 11.4 Å². The standard InChI is InChI=1S/C17H11ClFN5O2/c18-11-2-1-9(22-17(25)13-3-4-14(19)26-13)6-10(11)15-23-12-5-8(20)7-21-16(12)24-15/h1-7H,20H2,(H,22,25)(H,21,23,24). The van der Waals surface area contributed by atoms with Crippen molar-refractivity contribution in [3.8, 4) is 11.4 Å². The van der Waals surface area contributed by atoms with Crippen LogP contribution in [0.25, 0.3) is 22.6 Å². The van der Waals surface area contributed by atoms with E-state index in [-0.39, 0.29) is 5.76 Å². The number of nitrogens with two attached hydrogens (primary N) is 1. The number of H-pyrrole nitrogens is 1. The van der Waals surface area contributed by atoms with Gasteiger partial charge in [-0.05, 0) is 30.3 Å². The summed E-state index contributed by atoms with van der Waals surface area (Å²) in [5.41, 5.74) is 8.38. The molecule has 4 rings (SSSR count). The topological polar surface area (TPSA) is 110 Å². The van der Waals surface area contributed by atoms with Crippen LogP contribution in [-0.2, 0) is 0 Å². The molecule has 3 aromatic heterocycles. The summed E-state index contributed by atoms with van der Waals surface area (Å²) in [5.74, 6) is -0.244. The van der Waals surface area contributed by atoms with Crippen LogP contribution in [0.1, 0.15) is 10.6 Å². The van der Waals surface area contributed by atoms with Crippen LogP contribution in [0, 0.1) is 6.01 Å². The third-order valence-corrected chi connectivity index (χ3v) is 3.96. The SMILES string of the molecule is Nc1cnc2nc(-c3cc(NC(=O)c4ccc(F)o4)ccc3Cl)[nH]c2c1. The molecular weight excluding hydrogens is 361 g/mol. The van der Waals surface area contributed by atoms with Crippen molar-refractivity contribution >= 4 is 40.0 Å². The molecule has 4 aromatic rings. The van der Waals surface area contributed by atoms with Crippen molar-refractivity contribution in [1.82, 2.24) is 15.0 Å². The number of rotatable bonds is 3. The summed E-state index contributed by atoms with van der Waals surface area (Å²) in [6.45, 7) is 0. The van der Waals surface area contributed by atoms with Crippen molar-refractivity contribution in [1.29, 1.82) is 0 Å². The van der Waals surface area contributed by atoms with Crippen molar-refractivity contribution in [3.05, 3.63) is 59.4 Å².